The van der Waals surface area contributed by atoms with Gasteiger partial charge in [0, 0.05) is 7.05 Å². The van der Waals surface area contributed by atoms with E-state index in [0.29, 0.717) is 12.5 Å². The second-order valence-electron chi connectivity index (χ2n) is 3.35. The summed E-state index contributed by atoms with van der Waals surface area (Å²) < 4.78 is 0. The zero-order valence-electron chi connectivity index (χ0n) is 8.89. The highest BCUT2D eigenvalue weighted by molar-refractivity contribution is 5.81. The van der Waals surface area contributed by atoms with Crippen LogP contribution in [-0.2, 0) is 9.63 Å². The first-order valence-corrected chi connectivity index (χ1v) is 4.70. The van der Waals surface area contributed by atoms with Crippen LogP contribution in [0.5, 0.6) is 0 Å². The molecule has 0 aliphatic carbocycles. The molecule has 0 unspecified atom stereocenters. The maximum absolute atomic E-state index is 11.3. The van der Waals surface area contributed by atoms with Gasteiger partial charge in [0.05, 0.1) is 6.61 Å². The van der Waals surface area contributed by atoms with Gasteiger partial charge in [-0.25, -0.2) is 0 Å². The van der Waals surface area contributed by atoms with E-state index in [1.807, 2.05) is 6.92 Å². The number of hydrogen-bond acceptors (Lipinski definition) is 3. The van der Waals surface area contributed by atoms with E-state index < -0.39 is 0 Å². The molecule has 0 saturated carbocycles. The fraction of sp³-hybridized carbons (Fsp3) is 0.889. The maximum atomic E-state index is 11.3. The van der Waals surface area contributed by atoms with Crippen molar-refractivity contribution in [3.05, 3.63) is 0 Å². The minimum atomic E-state index is -0.245. The van der Waals surface area contributed by atoms with E-state index in [1.54, 1.807) is 7.05 Å². The van der Waals surface area contributed by atoms with Gasteiger partial charge in [0.25, 0.3) is 0 Å². The molecule has 0 rings (SSSR count). The summed E-state index contributed by atoms with van der Waals surface area (Å²) in [5.41, 5.74) is 2.74. The number of nitrogens with one attached hydrogen (secondary N) is 2. The number of rotatable bonds is 6. The lowest BCUT2D eigenvalue weighted by atomic mass is 10.0. The molecule has 1 atom stereocenters. The van der Waals surface area contributed by atoms with Gasteiger partial charge >= 0.3 is 0 Å². The first kappa shape index (κ1) is 12.4. The zero-order valence-corrected chi connectivity index (χ0v) is 8.89. The molecule has 0 spiro atoms. The van der Waals surface area contributed by atoms with Gasteiger partial charge in [0.2, 0.25) is 5.91 Å². The predicted molar refractivity (Wildman–Crippen MR) is 52.1 cm³/mol. The van der Waals surface area contributed by atoms with Gasteiger partial charge in [-0.05, 0) is 19.3 Å². The molecule has 4 nitrogen and oxygen atoms in total. The van der Waals surface area contributed by atoms with E-state index in [4.69, 9.17) is 4.84 Å². The van der Waals surface area contributed by atoms with Crippen LogP contribution < -0.4 is 10.8 Å². The smallest absolute Gasteiger partial charge is 0.239 e. The normalized spacial score (nSPS) is 13.0. The Morgan fingerprint density at radius 3 is 2.46 bits per heavy atom. The van der Waals surface area contributed by atoms with Crippen molar-refractivity contribution < 1.29 is 9.63 Å². The van der Waals surface area contributed by atoms with Gasteiger partial charge in [0.15, 0.2) is 0 Å². The van der Waals surface area contributed by atoms with Crippen LogP contribution in [0.3, 0.4) is 0 Å². The van der Waals surface area contributed by atoms with Crippen molar-refractivity contribution in [2.75, 3.05) is 13.7 Å². The molecule has 4 heteroatoms. The molecule has 0 aromatic carbocycles. The standard InChI is InChI=1S/C9H20N2O2/c1-5-13-11-8(6-7(2)3)9(12)10-4/h7-8,11H,5-6H2,1-4H3,(H,10,12)/t8-/m0/s1. The molecule has 1 amide bonds. The average molecular weight is 188 g/mol. The van der Waals surface area contributed by atoms with Crippen LogP contribution in [0.1, 0.15) is 27.2 Å². The molecule has 0 heterocycles. The first-order chi connectivity index (χ1) is 6.11. The zero-order chi connectivity index (χ0) is 10.3. The Hall–Kier alpha value is -0.610. The van der Waals surface area contributed by atoms with E-state index >= 15 is 0 Å². The lowest BCUT2D eigenvalue weighted by Crippen LogP contribution is -2.43. The van der Waals surface area contributed by atoms with Crippen LogP contribution in [0.4, 0.5) is 0 Å². The lowest BCUT2D eigenvalue weighted by molar-refractivity contribution is -0.127. The second kappa shape index (κ2) is 6.86. The van der Waals surface area contributed by atoms with Crippen molar-refractivity contribution in [2.45, 2.75) is 33.2 Å². The minimum absolute atomic E-state index is 0.0258. The van der Waals surface area contributed by atoms with E-state index in [2.05, 4.69) is 24.6 Å². The molecule has 0 aromatic rings. The minimum Gasteiger partial charge on any atom is -0.358 e. The van der Waals surface area contributed by atoms with Crippen molar-refractivity contribution in [3.8, 4) is 0 Å². The third-order valence-corrected chi connectivity index (χ3v) is 1.64. The number of hydroxylamine groups is 1. The Bertz CT molecular complexity index is 149. The molecule has 0 saturated heterocycles. The highest BCUT2D eigenvalue weighted by atomic mass is 16.6. The molecular formula is C9H20N2O2. The van der Waals surface area contributed by atoms with Crippen LogP contribution in [0.2, 0.25) is 0 Å². The van der Waals surface area contributed by atoms with Crippen LogP contribution in [-0.4, -0.2) is 25.6 Å². The summed E-state index contributed by atoms with van der Waals surface area (Å²) in [4.78, 5) is 16.3. The van der Waals surface area contributed by atoms with Crippen molar-refractivity contribution in [3.63, 3.8) is 0 Å². The summed E-state index contributed by atoms with van der Waals surface area (Å²) in [6.07, 6.45) is 0.777. The van der Waals surface area contributed by atoms with Crippen LogP contribution in [0, 0.1) is 5.92 Å². The van der Waals surface area contributed by atoms with Crippen molar-refractivity contribution >= 4 is 5.91 Å². The quantitative estimate of drug-likeness (QED) is 0.603. The number of amides is 1. The van der Waals surface area contributed by atoms with Gasteiger partial charge in [-0.1, -0.05) is 13.8 Å². The Kier molecular flexibility index (Phi) is 6.54. The third kappa shape index (κ3) is 5.60. The van der Waals surface area contributed by atoms with Crippen LogP contribution >= 0.6 is 0 Å². The molecule has 2 N–H and O–H groups in total. The first-order valence-electron chi connectivity index (χ1n) is 4.70. The van der Waals surface area contributed by atoms with Crippen molar-refractivity contribution in [1.82, 2.24) is 10.8 Å². The van der Waals surface area contributed by atoms with E-state index in [-0.39, 0.29) is 11.9 Å². The summed E-state index contributed by atoms with van der Waals surface area (Å²) in [5.74, 6) is 0.442. The van der Waals surface area contributed by atoms with E-state index in [0.717, 1.165) is 6.42 Å². The van der Waals surface area contributed by atoms with E-state index in [9.17, 15) is 4.79 Å². The van der Waals surface area contributed by atoms with Crippen molar-refractivity contribution in [2.24, 2.45) is 5.92 Å². The van der Waals surface area contributed by atoms with Crippen molar-refractivity contribution in [1.29, 1.82) is 0 Å². The molecule has 0 aromatic heterocycles. The fourth-order valence-corrected chi connectivity index (χ4v) is 1.04. The SMILES string of the molecule is CCON[C@@H](CC(C)C)C(=O)NC. The van der Waals surface area contributed by atoms with Gasteiger partial charge in [0.1, 0.15) is 6.04 Å². The largest absolute Gasteiger partial charge is 0.358 e. The molecule has 0 fully saturated rings. The average Bonchev–Trinajstić information content (AvgIpc) is 2.10. The summed E-state index contributed by atoms with van der Waals surface area (Å²) in [6, 6.07) is -0.245. The number of carbonyl (C=O) groups excluding carboxylic acids is 1. The molecule has 0 aliphatic heterocycles. The summed E-state index contributed by atoms with van der Waals surface area (Å²) in [5, 5.41) is 2.60. The molecule has 0 radical (unpaired) electrons. The highest BCUT2D eigenvalue weighted by Crippen LogP contribution is 2.04. The molecule has 0 bridgehead atoms. The topological polar surface area (TPSA) is 50.4 Å². The van der Waals surface area contributed by atoms with E-state index in [1.165, 1.54) is 0 Å². The number of carbonyl (C=O) groups is 1. The number of hydrogen-bond donors (Lipinski definition) is 2. The van der Waals surface area contributed by atoms with Crippen LogP contribution in [0.15, 0.2) is 0 Å². The fourth-order valence-electron chi connectivity index (χ4n) is 1.04. The van der Waals surface area contributed by atoms with Gasteiger partial charge in [-0.3, -0.25) is 4.79 Å². The summed E-state index contributed by atoms with van der Waals surface area (Å²) in [7, 11) is 1.63. The Morgan fingerprint density at radius 2 is 2.08 bits per heavy atom. The monoisotopic (exact) mass is 188 g/mol. The summed E-state index contributed by atoms with van der Waals surface area (Å²) in [6.45, 7) is 6.59. The van der Waals surface area contributed by atoms with Gasteiger partial charge in [-0.15, -0.1) is 0 Å². The predicted octanol–water partition coefficient (Wildman–Crippen LogP) is 0.688. The van der Waals surface area contributed by atoms with Crippen LogP contribution in [0.25, 0.3) is 0 Å². The molecule has 78 valence electrons. The Morgan fingerprint density at radius 1 is 1.46 bits per heavy atom. The Balaban J connectivity index is 3.94. The number of likely N-dealkylation sites (N-methyl/N-ethyl adjacent to an activating group) is 1. The van der Waals surface area contributed by atoms with Gasteiger partial charge in [-0.2, -0.15) is 5.48 Å². The molecule has 13 heavy (non-hydrogen) atoms. The van der Waals surface area contributed by atoms with Gasteiger partial charge < -0.3 is 10.2 Å². The third-order valence-electron chi connectivity index (χ3n) is 1.64. The lowest BCUT2D eigenvalue weighted by Gasteiger charge is -2.18. The molecule has 0 aliphatic rings. The maximum Gasteiger partial charge on any atom is 0.239 e. The summed E-state index contributed by atoms with van der Waals surface area (Å²) >= 11 is 0. The Labute approximate surface area is 80.0 Å². The molecular weight excluding hydrogens is 168 g/mol. The second-order valence-corrected chi connectivity index (χ2v) is 3.35. The highest BCUT2D eigenvalue weighted by Gasteiger charge is 2.17.